The van der Waals surface area contributed by atoms with Crippen LogP contribution in [0.4, 0.5) is 5.69 Å². The number of anilines is 1. The van der Waals surface area contributed by atoms with Crippen molar-refractivity contribution < 1.29 is 13.2 Å². The van der Waals surface area contributed by atoms with E-state index in [2.05, 4.69) is 4.72 Å². The van der Waals surface area contributed by atoms with Gasteiger partial charge in [0.25, 0.3) is 0 Å². The molecule has 1 saturated carbocycles. The molecule has 20 heavy (non-hydrogen) atoms. The van der Waals surface area contributed by atoms with E-state index in [9.17, 15) is 8.42 Å². The Balaban J connectivity index is 2.12. The van der Waals surface area contributed by atoms with E-state index in [0.29, 0.717) is 5.75 Å². The number of benzene rings is 1. The van der Waals surface area contributed by atoms with E-state index in [0.717, 1.165) is 12.8 Å². The van der Waals surface area contributed by atoms with Crippen LogP contribution in [0.5, 0.6) is 5.75 Å². The van der Waals surface area contributed by atoms with Crippen molar-refractivity contribution in [2.75, 3.05) is 12.8 Å². The molecule has 0 spiro atoms. The fraction of sp³-hybridized carbons (Fsp3) is 0.571. The molecule has 6 heteroatoms. The molecule has 0 saturated heterocycles. The molecule has 5 nitrogen and oxygen atoms in total. The van der Waals surface area contributed by atoms with Crippen molar-refractivity contribution in [3.8, 4) is 5.75 Å². The highest BCUT2D eigenvalue weighted by atomic mass is 32.2. The van der Waals surface area contributed by atoms with E-state index in [-0.39, 0.29) is 16.7 Å². The third-order valence-corrected chi connectivity index (χ3v) is 5.13. The van der Waals surface area contributed by atoms with Gasteiger partial charge in [0.05, 0.1) is 11.8 Å². The minimum atomic E-state index is -3.52. The molecule has 0 heterocycles. The molecule has 1 fully saturated rings. The molecule has 1 aromatic rings. The van der Waals surface area contributed by atoms with Crippen LogP contribution in [0, 0.1) is 0 Å². The van der Waals surface area contributed by atoms with Gasteiger partial charge in [-0.3, -0.25) is 0 Å². The Morgan fingerprint density at radius 3 is 2.40 bits per heavy atom. The van der Waals surface area contributed by atoms with Crippen LogP contribution in [0.2, 0.25) is 0 Å². The van der Waals surface area contributed by atoms with Gasteiger partial charge in [0.2, 0.25) is 10.0 Å². The Kier molecular flexibility index (Phi) is 4.88. The fourth-order valence-electron chi connectivity index (χ4n) is 2.51. The molecule has 1 aromatic carbocycles. The molecule has 1 aliphatic carbocycles. The van der Waals surface area contributed by atoms with Gasteiger partial charge >= 0.3 is 0 Å². The molecule has 0 bridgehead atoms. The Bertz CT molecular complexity index is 550. The number of nitrogens with two attached hydrogens (primary N) is 1. The minimum absolute atomic E-state index is 0.0909. The van der Waals surface area contributed by atoms with Gasteiger partial charge in [0.1, 0.15) is 10.6 Å². The van der Waals surface area contributed by atoms with Crippen molar-refractivity contribution in [1.82, 2.24) is 4.72 Å². The van der Waals surface area contributed by atoms with Gasteiger partial charge in [0, 0.05) is 6.07 Å². The van der Waals surface area contributed by atoms with E-state index < -0.39 is 10.0 Å². The lowest BCUT2D eigenvalue weighted by molar-refractivity contribution is 0.184. The Morgan fingerprint density at radius 1 is 1.20 bits per heavy atom. The number of nitrogens with one attached hydrogen (secondary N) is 1. The summed E-state index contributed by atoms with van der Waals surface area (Å²) in [6.07, 6.45) is 7.22. The molecule has 0 amide bonds. The fourth-order valence-corrected chi connectivity index (χ4v) is 3.34. The first-order valence-corrected chi connectivity index (χ1v) is 8.51. The van der Waals surface area contributed by atoms with Gasteiger partial charge < -0.3 is 10.5 Å². The van der Waals surface area contributed by atoms with Gasteiger partial charge in [0.15, 0.2) is 0 Å². The highest BCUT2D eigenvalue weighted by Crippen LogP contribution is 2.27. The lowest BCUT2D eigenvalue weighted by atomic mass is 10.1. The molecular weight excluding hydrogens is 276 g/mol. The van der Waals surface area contributed by atoms with Gasteiger partial charge in [-0.25, -0.2) is 13.1 Å². The number of hydrogen-bond donors (Lipinski definition) is 2. The van der Waals surface area contributed by atoms with Crippen molar-refractivity contribution in [2.24, 2.45) is 0 Å². The van der Waals surface area contributed by atoms with E-state index in [1.165, 1.54) is 38.8 Å². The third-order valence-electron chi connectivity index (χ3n) is 3.64. The first-order valence-electron chi connectivity index (χ1n) is 7.02. The summed E-state index contributed by atoms with van der Waals surface area (Å²) < 4.78 is 31.7. The molecule has 2 rings (SSSR count). The third kappa shape index (κ3) is 3.64. The van der Waals surface area contributed by atoms with Crippen LogP contribution in [0.1, 0.15) is 38.5 Å². The maximum absolute atomic E-state index is 11.7. The second-order valence-corrected chi connectivity index (χ2v) is 6.99. The van der Waals surface area contributed by atoms with Crippen molar-refractivity contribution in [1.29, 1.82) is 0 Å². The predicted molar refractivity (Wildman–Crippen MR) is 79.2 cm³/mol. The Labute approximate surface area is 120 Å². The SMILES string of the molecule is CNS(=O)(=O)c1ccc(OC2CCCCCC2)cc1N. The minimum Gasteiger partial charge on any atom is -0.490 e. The normalized spacial score (nSPS) is 17.6. The van der Waals surface area contributed by atoms with Crippen LogP contribution < -0.4 is 15.2 Å². The van der Waals surface area contributed by atoms with Crippen LogP contribution in [0.3, 0.4) is 0 Å². The molecule has 0 radical (unpaired) electrons. The number of sulfonamides is 1. The highest BCUT2D eigenvalue weighted by molar-refractivity contribution is 7.89. The van der Waals surface area contributed by atoms with Gasteiger partial charge in [-0.15, -0.1) is 0 Å². The van der Waals surface area contributed by atoms with Crippen LogP contribution >= 0.6 is 0 Å². The highest BCUT2D eigenvalue weighted by Gasteiger charge is 2.18. The second-order valence-electron chi connectivity index (χ2n) is 5.14. The zero-order valence-corrected chi connectivity index (χ0v) is 12.6. The maximum atomic E-state index is 11.7. The first-order chi connectivity index (χ1) is 9.53. The van der Waals surface area contributed by atoms with Crippen molar-refractivity contribution in [2.45, 2.75) is 49.5 Å². The summed E-state index contributed by atoms with van der Waals surface area (Å²) in [5, 5.41) is 0. The van der Waals surface area contributed by atoms with Gasteiger partial charge in [-0.05, 0) is 44.9 Å². The van der Waals surface area contributed by atoms with Crippen LogP contribution in [-0.2, 0) is 10.0 Å². The number of hydrogen-bond acceptors (Lipinski definition) is 4. The van der Waals surface area contributed by atoms with Crippen LogP contribution in [0.15, 0.2) is 23.1 Å². The van der Waals surface area contributed by atoms with E-state index in [1.54, 1.807) is 12.1 Å². The second kappa shape index (κ2) is 6.45. The van der Waals surface area contributed by atoms with E-state index >= 15 is 0 Å². The van der Waals surface area contributed by atoms with Crippen molar-refractivity contribution in [3.63, 3.8) is 0 Å². The lowest BCUT2D eigenvalue weighted by Gasteiger charge is -2.17. The molecule has 3 N–H and O–H groups in total. The van der Waals surface area contributed by atoms with Crippen molar-refractivity contribution >= 4 is 15.7 Å². The summed E-state index contributed by atoms with van der Waals surface area (Å²) in [5.74, 6) is 0.643. The standard InChI is InChI=1S/C14H22N2O3S/c1-16-20(17,18)14-9-8-12(10-13(14)15)19-11-6-4-2-3-5-7-11/h8-11,16H,2-7,15H2,1H3. The maximum Gasteiger partial charge on any atom is 0.242 e. The smallest absolute Gasteiger partial charge is 0.242 e. The monoisotopic (exact) mass is 298 g/mol. The van der Waals surface area contributed by atoms with Crippen LogP contribution in [-0.4, -0.2) is 21.6 Å². The summed E-state index contributed by atoms with van der Waals surface area (Å²) in [6, 6.07) is 4.76. The summed E-state index contributed by atoms with van der Waals surface area (Å²) in [5.41, 5.74) is 6.03. The quantitative estimate of drug-likeness (QED) is 0.660. The summed E-state index contributed by atoms with van der Waals surface area (Å²) in [4.78, 5) is 0.0909. The molecule has 0 aromatic heterocycles. The molecule has 0 aliphatic heterocycles. The largest absolute Gasteiger partial charge is 0.490 e. The summed E-state index contributed by atoms with van der Waals surface area (Å²) in [7, 11) is -2.15. The average molecular weight is 298 g/mol. The Morgan fingerprint density at radius 2 is 1.85 bits per heavy atom. The van der Waals surface area contributed by atoms with Gasteiger partial charge in [-0.2, -0.15) is 0 Å². The number of rotatable bonds is 4. The van der Waals surface area contributed by atoms with E-state index in [4.69, 9.17) is 10.5 Å². The summed E-state index contributed by atoms with van der Waals surface area (Å²) in [6.45, 7) is 0. The molecule has 112 valence electrons. The molecular formula is C14H22N2O3S. The topological polar surface area (TPSA) is 81.4 Å². The number of nitrogen functional groups attached to an aromatic ring is 1. The van der Waals surface area contributed by atoms with Crippen LogP contribution in [0.25, 0.3) is 0 Å². The Hall–Kier alpha value is -1.27. The average Bonchev–Trinajstić information content (AvgIpc) is 2.67. The predicted octanol–water partition coefficient (Wildman–Crippen LogP) is 2.28. The lowest BCUT2D eigenvalue weighted by Crippen LogP contribution is -2.20. The molecule has 0 unspecified atom stereocenters. The van der Waals surface area contributed by atoms with Crippen molar-refractivity contribution in [3.05, 3.63) is 18.2 Å². The first kappa shape index (κ1) is 15.1. The molecule has 1 aliphatic rings. The van der Waals surface area contributed by atoms with E-state index in [1.807, 2.05) is 0 Å². The molecule has 0 atom stereocenters. The number of ether oxygens (including phenoxy) is 1. The zero-order chi connectivity index (χ0) is 14.6. The zero-order valence-electron chi connectivity index (χ0n) is 11.8. The van der Waals surface area contributed by atoms with Gasteiger partial charge in [-0.1, -0.05) is 12.8 Å². The summed E-state index contributed by atoms with van der Waals surface area (Å²) >= 11 is 0.